The van der Waals surface area contributed by atoms with E-state index in [-0.39, 0.29) is 24.4 Å². The maximum Gasteiger partial charge on any atom is 0.335 e. The lowest BCUT2D eigenvalue weighted by molar-refractivity contribution is 0.0697. The van der Waals surface area contributed by atoms with Crippen LogP contribution in [0.25, 0.3) is 22.3 Å². The molecular weight excluding hydrogens is 489 g/mol. The highest BCUT2D eigenvalue weighted by atomic mass is 19.1. The van der Waals surface area contributed by atoms with Crippen LogP contribution in [-0.4, -0.2) is 48.9 Å². The van der Waals surface area contributed by atoms with E-state index in [1.165, 1.54) is 12.1 Å². The van der Waals surface area contributed by atoms with Gasteiger partial charge in [0.25, 0.3) is 0 Å². The van der Waals surface area contributed by atoms with E-state index in [1.54, 1.807) is 43.6 Å². The number of carboxylic acids is 1. The van der Waals surface area contributed by atoms with E-state index in [4.69, 9.17) is 9.47 Å². The summed E-state index contributed by atoms with van der Waals surface area (Å²) in [6.45, 7) is 1.13. The number of benzene rings is 2. The van der Waals surface area contributed by atoms with E-state index in [9.17, 15) is 9.90 Å². The third kappa shape index (κ3) is 5.25. The van der Waals surface area contributed by atoms with E-state index in [2.05, 4.69) is 15.0 Å². The van der Waals surface area contributed by atoms with Crippen molar-refractivity contribution in [3.05, 3.63) is 95.6 Å². The van der Waals surface area contributed by atoms with Crippen LogP contribution < -0.4 is 4.74 Å². The van der Waals surface area contributed by atoms with Crippen LogP contribution in [0.5, 0.6) is 5.88 Å². The van der Waals surface area contributed by atoms with Crippen LogP contribution in [0.3, 0.4) is 0 Å². The molecule has 0 saturated carbocycles. The van der Waals surface area contributed by atoms with Crippen molar-refractivity contribution >= 4 is 17.0 Å². The summed E-state index contributed by atoms with van der Waals surface area (Å²) in [5.74, 6) is 0.398. The quantitative estimate of drug-likeness (QED) is 0.292. The largest absolute Gasteiger partial charge is 0.478 e. The number of aryl methyl sites for hydroxylation is 1. The molecule has 0 fully saturated rings. The number of halogens is 1. The summed E-state index contributed by atoms with van der Waals surface area (Å²) >= 11 is 0. The minimum atomic E-state index is -1.02. The highest BCUT2D eigenvalue weighted by molar-refractivity contribution is 5.92. The van der Waals surface area contributed by atoms with Gasteiger partial charge in [-0.05, 0) is 35.9 Å². The second-order valence-corrected chi connectivity index (χ2v) is 8.77. The molecule has 9 nitrogen and oxygen atoms in total. The van der Waals surface area contributed by atoms with Crippen molar-refractivity contribution < 1.29 is 23.8 Å². The molecule has 0 unspecified atom stereocenters. The van der Waals surface area contributed by atoms with Crippen molar-refractivity contribution in [3.63, 3.8) is 0 Å². The Bertz CT molecular complexity index is 1610. The van der Waals surface area contributed by atoms with E-state index < -0.39 is 5.97 Å². The summed E-state index contributed by atoms with van der Waals surface area (Å²) in [6, 6.07) is 15.1. The molecule has 5 aromatic rings. The summed E-state index contributed by atoms with van der Waals surface area (Å²) in [5.41, 5.74) is 3.14. The number of hydrogen-bond donors (Lipinski definition) is 1. The fourth-order valence-corrected chi connectivity index (χ4v) is 4.22. The fraction of sp³-hybridized carbons (Fsp3) is 0.214. The normalized spacial score (nSPS) is 11.2. The molecule has 0 aliphatic heterocycles. The number of carbonyl (C=O) groups is 1. The van der Waals surface area contributed by atoms with Crippen LogP contribution in [0, 0.1) is 5.82 Å². The van der Waals surface area contributed by atoms with Gasteiger partial charge in [0.1, 0.15) is 24.1 Å². The lowest BCUT2D eigenvalue weighted by Gasteiger charge is -2.11. The monoisotopic (exact) mass is 515 g/mol. The van der Waals surface area contributed by atoms with Crippen LogP contribution in [0.15, 0.2) is 67.0 Å². The molecule has 0 atom stereocenters. The van der Waals surface area contributed by atoms with Crippen molar-refractivity contribution in [2.45, 2.75) is 19.6 Å². The average Bonchev–Trinajstić information content (AvgIpc) is 3.49. The Kier molecular flexibility index (Phi) is 7.14. The molecule has 0 amide bonds. The summed E-state index contributed by atoms with van der Waals surface area (Å²) < 4.78 is 30.1. The van der Waals surface area contributed by atoms with E-state index in [0.29, 0.717) is 52.7 Å². The summed E-state index contributed by atoms with van der Waals surface area (Å²) in [4.78, 5) is 24.9. The first-order valence-electron chi connectivity index (χ1n) is 12.0. The molecule has 1 N–H and O–H groups in total. The molecule has 0 bridgehead atoms. The Balaban J connectivity index is 1.39. The van der Waals surface area contributed by atoms with Gasteiger partial charge in [0.2, 0.25) is 5.88 Å². The second-order valence-electron chi connectivity index (χ2n) is 8.77. The number of ether oxygens (including phenoxy) is 2. The molecule has 0 spiro atoms. The topological polar surface area (TPSA) is 104 Å². The summed E-state index contributed by atoms with van der Waals surface area (Å²) in [7, 11) is 3.48. The zero-order chi connectivity index (χ0) is 26.6. The molecule has 0 aliphatic rings. The molecule has 2 aromatic carbocycles. The maximum absolute atomic E-state index is 15.3. The number of carboxylic acid groups (broad SMARTS) is 1. The molecule has 3 heterocycles. The summed E-state index contributed by atoms with van der Waals surface area (Å²) in [5, 5.41) is 9.39. The number of methoxy groups -OCH3 is 1. The molecule has 0 aliphatic carbocycles. The maximum atomic E-state index is 15.3. The van der Waals surface area contributed by atoms with Crippen LogP contribution in [0.2, 0.25) is 0 Å². The van der Waals surface area contributed by atoms with Crippen molar-refractivity contribution in [1.29, 1.82) is 0 Å². The predicted octanol–water partition coefficient (Wildman–Crippen LogP) is 4.49. The smallest absolute Gasteiger partial charge is 0.335 e. The fourth-order valence-electron chi connectivity index (χ4n) is 4.22. The molecule has 0 saturated heterocycles. The first-order valence-corrected chi connectivity index (χ1v) is 12.0. The second kappa shape index (κ2) is 10.8. The SMILES string of the molecule is COCCn1c(Cc2ccc(-c3cccc(OCc4nccn4C)n3)cc2F)nc2ccc(C(=O)O)cc21. The van der Waals surface area contributed by atoms with Gasteiger partial charge in [-0.25, -0.2) is 24.1 Å². The number of pyridine rings is 1. The zero-order valence-electron chi connectivity index (χ0n) is 21.0. The van der Waals surface area contributed by atoms with Gasteiger partial charge >= 0.3 is 5.97 Å². The van der Waals surface area contributed by atoms with Crippen LogP contribution in [-0.2, 0) is 31.4 Å². The number of aromatic nitrogens is 5. The lowest BCUT2D eigenvalue weighted by atomic mass is 10.1. The highest BCUT2D eigenvalue weighted by Gasteiger charge is 2.16. The van der Waals surface area contributed by atoms with Crippen LogP contribution in [0.4, 0.5) is 4.39 Å². The zero-order valence-corrected chi connectivity index (χ0v) is 21.0. The van der Waals surface area contributed by atoms with E-state index >= 15 is 4.39 Å². The lowest BCUT2D eigenvalue weighted by Crippen LogP contribution is -2.10. The van der Waals surface area contributed by atoms with Gasteiger partial charge in [-0.15, -0.1) is 0 Å². The Morgan fingerprint density at radius 1 is 1.08 bits per heavy atom. The molecular formula is C28H26FN5O4. The van der Waals surface area contributed by atoms with Crippen molar-refractivity contribution in [1.82, 2.24) is 24.1 Å². The van der Waals surface area contributed by atoms with Crippen molar-refractivity contribution in [2.75, 3.05) is 13.7 Å². The van der Waals surface area contributed by atoms with Gasteiger partial charge in [-0.3, -0.25) is 0 Å². The Labute approximate surface area is 218 Å². The summed E-state index contributed by atoms with van der Waals surface area (Å²) in [6.07, 6.45) is 3.77. The number of nitrogens with zero attached hydrogens (tertiary/aromatic N) is 5. The first kappa shape index (κ1) is 25.1. The Morgan fingerprint density at radius 3 is 2.68 bits per heavy atom. The van der Waals surface area contributed by atoms with Crippen molar-refractivity contribution in [2.24, 2.45) is 7.05 Å². The molecule has 3 aromatic heterocycles. The number of aromatic carboxylic acids is 1. The molecule has 5 rings (SSSR count). The third-order valence-electron chi connectivity index (χ3n) is 6.28. The minimum absolute atomic E-state index is 0.164. The number of hydrogen-bond acceptors (Lipinski definition) is 6. The highest BCUT2D eigenvalue weighted by Crippen LogP contribution is 2.26. The molecule has 10 heteroatoms. The van der Waals surface area contributed by atoms with Crippen LogP contribution >= 0.6 is 0 Å². The molecule has 194 valence electrons. The third-order valence-corrected chi connectivity index (χ3v) is 6.28. The number of fused-ring (bicyclic) bond motifs is 1. The van der Waals surface area contributed by atoms with E-state index in [1.807, 2.05) is 34.5 Å². The van der Waals surface area contributed by atoms with Crippen molar-refractivity contribution in [3.8, 4) is 17.1 Å². The average molecular weight is 516 g/mol. The van der Waals surface area contributed by atoms with Gasteiger partial charge in [-0.2, -0.15) is 0 Å². The number of imidazole rings is 2. The van der Waals surface area contributed by atoms with Gasteiger partial charge in [0.15, 0.2) is 0 Å². The van der Waals surface area contributed by atoms with Gasteiger partial charge < -0.3 is 23.7 Å². The minimum Gasteiger partial charge on any atom is -0.478 e. The van der Waals surface area contributed by atoms with E-state index in [0.717, 1.165) is 5.82 Å². The molecule has 38 heavy (non-hydrogen) atoms. The predicted molar refractivity (Wildman–Crippen MR) is 139 cm³/mol. The Hall–Kier alpha value is -4.57. The van der Waals surface area contributed by atoms with Gasteiger partial charge in [-0.1, -0.05) is 18.2 Å². The number of rotatable bonds is 10. The van der Waals surface area contributed by atoms with Gasteiger partial charge in [0.05, 0.1) is 28.9 Å². The standard InChI is InChI=1S/C28H26FN5O4/c1-33-11-10-30-26(33)17-38-27-5-3-4-22(32-27)19-7-6-18(21(29)14-19)16-25-31-23-9-8-20(28(35)36)15-24(23)34(25)12-13-37-2/h3-11,14-15H,12-13,16-17H2,1-2H3,(H,35,36). The molecule has 0 radical (unpaired) electrons. The Morgan fingerprint density at radius 2 is 1.95 bits per heavy atom. The van der Waals surface area contributed by atoms with Gasteiger partial charge in [0, 0.05) is 51.1 Å². The van der Waals surface area contributed by atoms with Crippen LogP contribution in [0.1, 0.15) is 27.6 Å². The first-order chi connectivity index (χ1) is 18.4.